The number of sulfonamides is 1. The Labute approximate surface area is 126 Å². The molecule has 1 saturated heterocycles. The molecule has 6 nitrogen and oxygen atoms in total. The van der Waals surface area contributed by atoms with Crippen LogP contribution in [0.1, 0.15) is 19.8 Å². The predicted octanol–water partition coefficient (Wildman–Crippen LogP) is 1.56. The molecule has 2 heterocycles. The molecule has 118 valence electrons. The van der Waals surface area contributed by atoms with Crippen LogP contribution >= 0.6 is 0 Å². The van der Waals surface area contributed by atoms with Gasteiger partial charge in [-0.3, -0.25) is 0 Å². The normalized spacial score (nSPS) is 22.7. The molecule has 0 spiro atoms. The molecule has 1 aliphatic rings. The standard InChI is InChI=1S/C14H23N3O3S/c1-4-13-11(7-8-20-13)9-15-14-6-5-12(10-16-14)21(18,19)17(2)3/h5-6,10-11,13H,4,7-9H2,1-3H3,(H,15,16). The Morgan fingerprint density at radius 3 is 2.76 bits per heavy atom. The minimum atomic E-state index is -3.41. The van der Waals surface area contributed by atoms with Gasteiger partial charge in [0.2, 0.25) is 10.0 Å². The molecule has 1 aromatic rings. The summed E-state index contributed by atoms with van der Waals surface area (Å²) < 4.78 is 30.7. The summed E-state index contributed by atoms with van der Waals surface area (Å²) in [4.78, 5) is 4.38. The van der Waals surface area contributed by atoms with Crippen molar-refractivity contribution in [2.24, 2.45) is 5.92 Å². The van der Waals surface area contributed by atoms with Crippen molar-refractivity contribution in [3.05, 3.63) is 18.3 Å². The van der Waals surface area contributed by atoms with Gasteiger partial charge in [0.25, 0.3) is 0 Å². The summed E-state index contributed by atoms with van der Waals surface area (Å²) in [5, 5.41) is 3.26. The fourth-order valence-electron chi connectivity index (χ4n) is 2.46. The minimum absolute atomic E-state index is 0.202. The van der Waals surface area contributed by atoms with E-state index in [1.54, 1.807) is 12.1 Å². The quantitative estimate of drug-likeness (QED) is 0.863. The average Bonchev–Trinajstić information content (AvgIpc) is 2.92. The third-order valence-electron chi connectivity index (χ3n) is 3.81. The van der Waals surface area contributed by atoms with Crippen molar-refractivity contribution in [3.63, 3.8) is 0 Å². The van der Waals surface area contributed by atoms with Crippen molar-refractivity contribution in [3.8, 4) is 0 Å². The van der Waals surface area contributed by atoms with Gasteiger partial charge < -0.3 is 10.1 Å². The van der Waals surface area contributed by atoms with Crippen LogP contribution < -0.4 is 5.32 Å². The van der Waals surface area contributed by atoms with E-state index in [1.165, 1.54) is 24.6 Å². The van der Waals surface area contributed by atoms with Crippen molar-refractivity contribution in [2.45, 2.75) is 30.8 Å². The maximum Gasteiger partial charge on any atom is 0.244 e. The van der Waals surface area contributed by atoms with E-state index in [2.05, 4.69) is 17.2 Å². The van der Waals surface area contributed by atoms with Gasteiger partial charge in [0.1, 0.15) is 10.7 Å². The lowest BCUT2D eigenvalue weighted by atomic mass is 10.00. The van der Waals surface area contributed by atoms with E-state index in [9.17, 15) is 8.42 Å². The van der Waals surface area contributed by atoms with E-state index in [0.717, 1.165) is 26.0 Å². The van der Waals surface area contributed by atoms with Gasteiger partial charge >= 0.3 is 0 Å². The van der Waals surface area contributed by atoms with Gasteiger partial charge in [-0.1, -0.05) is 6.92 Å². The largest absolute Gasteiger partial charge is 0.378 e. The van der Waals surface area contributed by atoms with Crippen LogP contribution in [-0.4, -0.2) is 51.1 Å². The number of ether oxygens (including phenoxy) is 1. The first-order chi connectivity index (χ1) is 9.95. The van der Waals surface area contributed by atoms with Gasteiger partial charge in [-0.05, 0) is 25.0 Å². The number of nitrogens with zero attached hydrogens (tertiary/aromatic N) is 2. The summed E-state index contributed by atoms with van der Waals surface area (Å²) in [6.45, 7) is 3.74. The summed E-state index contributed by atoms with van der Waals surface area (Å²) in [7, 11) is -0.401. The molecule has 1 fully saturated rings. The first-order valence-electron chi connectivity index (χ1n) is 7.19. The molecule has 0 amide bonds. The molecule has 0 bridgehead atoms. The molecule has 2 rings (SSSR count). The molecule has 0 saturated carbocycles. The van der Waals surface area contributed by atoms with Crippen LogP contribution in [0.4, 0.5) is 5.82 Å². The van der Waals surface area contributed by atoms with E-state index in [4.69, 9.17) is 4.74 Å². The number of hydrogen-bond acceptors (Lipinski definition) is 5. The van der Waals surface area contributed by atoms with Crippen molar-refractivity contribution in [1.82, 2.24) is 9.29 Å². The Hall–Kier alpha value is -1.18. The van der Waals surface area contributed by atoms with E-state index in [-0.39, 0.29) is 4.90 Å². The van der Waals surface area contributed by atoms with E-state index >= 15 is 0 Å². The SMILES string of the molecule is CCC1OCCC1CNc1ccc(S(=O)(=O)N(C)C)cn1. The highest BCUT2D eigenvalue weighted by atomic mass is 32.2. The van der Waals surface area contributed by atoms with Crippen LogP contribution in [0.5, 0.6) is 0 Å². The highest BCUT2D eigenvalue weighted by molar-refractivity contribution is 7.89. The summed E-state index contributed by atoms with van der Waals surface area (Å²) in [5.74, 6) is 1.18. The number of nitrogens with one attached hydrogen (secondary N) is 1. The second-order valence-electron chi connectivity index (χ2n) is 5.41. The lowest BCUT2D eigenvalue weighted by molar-refractivity contribution is 0.0900. The zero-order valence-electron chi connectivity index (χ0n) is 12.7. The summed E-state index contributed by atoms with van der Waals surface area (Å²) in [6, 6.07) is 3.28. The lowest BCUT2D eigenvalue weighted by Gasteiger charge is -2.17. The Morgan fingerprint density at radius 2 is 2.19 bits per heavy atom. The molecule has 1 aliphatic heterocycles. The molecule has 1 N–H and O–H groups in total. The maximum absolute atomic E-state index is 11.9. The highest BCUT2D eigenvalue weighted by Gasteiger charge is 2.26. The average molecular weight is 313 g/mol. The number of pyridine rings is 1. The van der Waals surface area contributed by atoms with Crippen LogP contribution in [0, 0.1) is 5.92 Å². The van der Waals surface area contributed by atoms with Crippen LogP contribution in [-0.2, 0) is 14.8 Å². The summed E-state index contributed by atoms with van der Waals surface area (Å²) in [5.41, 5.74) is 0. The van der Waals surface area contributed by atoms with Gasteiger partial charge in [0.05, 0.1) is 6.10 Å². The number of anilines is 1. The molecule has 2 unspecified atom stereocenters. The zero-order chi connectivity index (χ0) is 15.5. The molecule has 0 aliphatic carbocycles. The second-order valence-corrected chi connectivity index (χ2v) is 7.57. The number of rotatable bonds is 6. The van der Waals surface area contributed by atoms with Crippen LogP contribution in [0.2, 0.25) is 0 Å². The van der Waals surface area contributed by atoms with Crippen molar-refractivity contribution < 1.29 is 13.2 Å². The van der Waals surface area contributed by atoms with Gasteiger partial charge in [0.15, 0.2) is 0 Å². The third-order valence-corrected chi connectivity index (χ3v) is 5.61. The Bertz CT molecular complexity index is 557. The zero-order valence-corrected chi connectivity index (χ0v) is 13.6. The number of hydrogen-bond donors (Lipinski definition) is 1. The monoisotopic (exact) mass is 313 g/mol. The van der Waals surface area contributed by atoms with Gasteiger partial charge in [0, 0.05) is 39.4 Å². The lowest BCUT2D eigenvalue weighted by Crippen LogP contribution is -2.24. The van der Waals surface area contributed by atoms with Gasteiger partial charge in [-0.25, -0.2) is 17.7 Å². The molecular weight excluding hydrogens is 290 g/mol. The molecule has 2 atom stereocenters. The first kappa shape index (κ1) is 16.2. The Balaban J connectivity index is 1.97. The molecule has 1 aromatic heterocycles. The first-order valence-corrected chi connectivity index (χ1v) is 8.63. The summed E-state index contributed by atoms with van der Waals surface area (Å²) in [6.07, 6.45) is 3.77. The van der Waals surface area contributed by atoms with Crippen LogP contribution in [0.3, 0.4) is 0 Å². The fraction of sp³-hybridized carbons (Fsp3) is 0.643. The maximum atomic E-state index is 11.9. The Morgan fingerprint density at radius 1 is 1.43 bits per heavy atom. The van der Waals surface area contributed by atoms with Gasteiger partial charge in [-0.15, -0.1) is 0 Å². The van der Waals surface area contributed by atoms with E-state index < -0.39 is 10.0 Å². The van der Waals surface area contributed by atoms with Gasteiger partial charge in [-0.2, -0.15) is 0 Å². The Kier molecular flexibility index (Phi) is 5.18. The van der Waals surface area contributed by atoms with Crippen LogP contribution in [0.25, 0.3) is 0 Å². The topological polar surface area (TPSA) is 71.5 Å². The molecule has 0 aromatic carbocycles. The second kappa shape index (κ2) is 6.72. The van der Waals surface area contributed by atoms with Crippen molar-refractivity contribution >= 4 is 15.8 Å². The highest BCUT2D eigenvalue weighted by Crippen LogP contribution is 2.23. The molecule has 21 heavy (non-hydrogen) atoms. The van der Waals surface area contributed by atoms with Crippen molar-refractivity contribution in [2.75, 3.05) is 32.6 Å². The van der Waals surface area contributed by atoms with E-state index in [1.807, 2.05) is 0 Å². The molecule has 7 heteroatoms. The summed E-state index contributed by atoms with van der Waals surface area (Å²) >= 11 is 0. The van der Waals surface area contributed by atoms with E-state index in [0.29, 0.717) is 17.8 Å². The third kappa shape index (κ3) is 3.72. The van der Waals surface area contributed by atoms with Crippen molar-refractivity contribution in [1.29, 1.82) is 0 Å². The molecular formula is C14H23N3O3S. The smallest absolute Gasteiger partial charge is 0.244 e. The van der Waals surface area contributed by atoms with Crippen LogP contribution in [0.15, 0.2) is 23.2 Å². The minimum Gasteiger partial charge on any atom is -0.378 e. The fourth-order valence-corrected chi connectivity index (χ4v) is 3.31. The predicted molar refractivity (Wildman–Crippen MR) is 81.7 cm³/mol. The molecule has 0 radical (unpaired) electrons. The number of aromatic nitrogens is 1.